The minimum Gasteiger partial charge on any atom is -0.396 e. The van der Waals surface area contributed by atoms with Crippen molar-refractivity contribution in [1.82, 2.24) is 15.3 Å². The van der Waals surface area contributed by atoms with Crippen LogP contribution in [-0.4, -0.2) is 28.2 Å². The molecule has 0 spiro atoms. The van der Waals surface area contributed by atoms with Gasteiger partial charge in [-0.3, -0.25) is 0 Å². The van der Waals surface area contributed by atoms with E-state index in [1.807, 2.05) is 12.4 Å². The number of nitrogens with one attached hydrogen (secondary N) is 1. The second-order valence-corrected chi connectivity index (χ2v) is 3.85. The number of aliphatic hydroxyl groups is 1. The summed E-state index contributed by atoms with van der Waals surface area (Å²) in [6.07, 6.45) is 7.32. The summed E-state index contributed by atoms with van der Waals surface area (Å²) in [4.78, 5) is 7.88. The molecule has 1 rings (SSSR count). The van der Waals surface area contributed by atoms with Crippen molar-refractivity contribution in [3.8, 4) is 0 Å². The largest absolute Gasteiger partial charge is 0.396 e. The van der Waals surface area contributed by atoms with Gasteiger partial charge in [-0.2, -0.15) is 0 Å². The van der Waals surface area contributed by atoms with Gasteiger partial charge in [-0.25, -0.2) is 9.97 Å². The third kappa shape index (κ3) is 5.44. The molecule has 0 amide bonds. The van der Waals surface area contributed by atoms with Crippen molar-refractivity contribution in [2.24, 2.45) is 5.92 Å². The molecule has 84 valence electrons. The molecule has 4 nitrogen and oxygen atoms in total. The van der Waals surface area contributed by atoms with Gasteiger partial charge in [0.2, 0.25) is 0 Å². The standard InChI is InChI=1S/C11H19N3O/c1-10(8-15)3-2-4-12-5-11-6-13-9-14-7-11/h6-7,9-10,12,15H,2-5,8H2,1H3. The molecule has 0 radical (unpaired) electrons. The van der Waals surface area contributed by atoms with Crippen molar-refractivity contribution in [2.75, 3.05) is 13.2 Å². The predicted molar refractivity (Wildman–Crippen MR) is 59.2 cm³/mol. The molecule has 0 saturated carbocycles. The Kier molecular flexibility index (Phi) is 5.88. The van der Waals surface area contributed by atoms with E-state index in [0.717, 1.165) is 31.5 Å². The van der Waals surface area contributed by atoms with Crippen LogP contribution in [0.4, 0.5) is 0 Å². The van der Waals surface area contributed by atoms with Gasteiger partial charge in [-0.15, -0.1) is 0 Å². The molecular weight excluding hydrogens is 190 g/mol. The Bertz CT molecular complexity index is 253. The zero-order chi connectivity index (χ0) is 10.9. The summed E-state index contributed by atoms with van der Waals surface area (Å²) >= 11 is 0. The third-order valence-electron chi connectivity index (χ3n) is 2.31. The van der Waals surface area contributed by atoms with Crippen LogP contribution in [0, 0.1) is 5.92 Å². The van der Waals surface area contributed by atoms with E-state index in [0.29, 0.717) is 5.92 Å². The van der Waals surface area contributed by atoms with Crippen molar-refractivity contribution < 1.29 is 5.11 Å². The van der Waals surface area contributed by atoms with Gasteiger partial charge in [0.1, 0.15) is 6.33 Å². The van der Waals surface area contributed by atoms with E-state index in [1.54, 1.807) is 0 Å². The van der Waals surface area contributed by atoms with Crippen LogP contribution in [0.5, 0.6) is 0 Å². The minimum atomic E-state index is 0.284. The van der Waals surface area contributed by atoms with Crippen LogP contribution < -0.4 is 5.32 Å². The van der Waals surface area contributed by atoms with Crippen LogP contribution in [0.15, 0.2) is 18.7 Å². The van der Waals surface area contributed by atoms with E-state index in [4.69, 9.17) is 5.11 Å². The predicted octanol–water partition coefficient (Wildman–Crippen LogP) is 0.975. The van der Waals surface area contributed by atoms with Crippen LogP contribution in [0.25, 0.3) is 0 Å². The second kappa shape index (κ2) is 7.31. The highest BCUT2D eigenvalue weighted by Crippen LogP contribution is 2.02. The molecule has 0 bridgehead atoms. The molecule has 0 fully saturated rings. The molecule has 1 atom stereocenters. The van der Waals surface area contributed by atoms with Gasteiger partial charge in [0, 0.05) is 31.1 Å². The summed E-state index contributed by atoms with van der Waals surface area (Å²) < 4.78 is 0. The fraction of sp³-hybridized carbons (Fsp3) is 0.636. The van der Waals surface area contributed by atoms with Crippen LogP contribution >= 0.6 is 0 Å². The molecular formula is C11H19N3O. The van der Waals surface area contributed by atoms with Crippen LogP contribution in [0.3, 0.4) is 0 Å². The fourth-order valence-corrected chi connectivity index (χ4v) is 1.32. The Morgan fingerprint density at radius 3 is 2.80 bits per heavy atom. The first-order valence-electron chi connectivity index (χ1n) is 5.38. The highest BCUT2D eigenvalue weighted by Gasteiger charge is 1.98. The SMILES string of the molecule is CC(CO)CCCNCc1cncnc1. The van der Waals surface area contributed by atoms with Crippen LogP contribution in [-0.2, 0) is 6.54 Å². The summed E-state index contributed by atoms with van der Waals surface area (Å²) in [5, 5.41) is 12.2. The molecule has 0 aliphatic carbocycles. The molecule has 0 saturated heterocycles. The molecule has 1 aromatic rings. The quantitative estimate of drug-likeness (QED) is 0.657. The van der Waals surface area contributed by atoms with E-state index in [2.05, 4.69) is 22.2 Å². The van der Waals surface area contributed by atoms with Gasteiger partial charge in [-0.1, -0.05) is 6.92 Å². The monoisotopic (exact) mass is 209 g/mol. The van der Waals surface area contributed by atoms with Crippen LogP contribution in [0.1, 0.15) is 25.3 Å². The summed E-state index contributed by atoms with van der Waals surface area (Å²) in [5.74, 6) is 0.409. The summed E-state index contributed by atoms with van der Waals surface area (Å²) in [5.41, 5.74) is 1.10. The van der Waals surface area contributed by atoms with Gasteiger partial charge in [-0.05, 0) is 25.3 Å². The van der Waals surface area contributed by atoms with Crippen molar-refractivity contribution in [3.05, 3.63) is 24.3 Å². The third-order valence-corrected chi connectivity index (χ3v) is 2.31. The average Bonchev–Trinajstić information content (AvgIpc) is 2.29. The lowest BCUT2D eigenvalue weighted by molar-refractivity contribution is 0.228. The van der Waals surface area contributed by atoms with Crippen molar-refractivity contribution in [1.29, 1.82) is 0 Å². The number of aromatic nitrogens is 2. The zero-order valence-corrected chi connectivity index (χ0v) is 9.19. The van der Waals surface area contributed by atoms with Crippen molar-refractivity contribution in [2.45, 2.75) is 26.3 Å². The second-order valence-electron chi connectivity index (χ2n) is 3.85. The molecule has 0 aromatic carbocycles. The molecule has 1 unspecified atom stereocenters. The number of nitrogens with zero attached hydrogens (tertiary/aromatic N) is 2. The maximum atomic E-state index is 8.83. The van der Waals surface area contributed by atoms with Crippen molar-refractivity contribution in [3.63, 3.8) is 0 Å². The maximum absolute atomic E-state index is 8.83. The van der Waals surface area contributed by atoms with E-state index >= 15 is 0 Å². The lowest BCUT2D eigenvalue weighted by atomic mass is 10.1. The topological polar surface area (TPSA) is 58.0 Å². The van der Waals surface area contributed by atoms with Crippen LogP contribution in [0.2, 0.25) is 0 Å². The lowest BCUT2D eigenvalue weighted by Crippen LogP contribution is -2.16. The highest BCUT2D eigenvalue weighted by molar-refractivity contribution is 5.01. The number of aliphatic hydroxyl groups excluding tert-OH is 1. The molecule has 4 heteroatoms. The molecule has 2 N–H and O–H groups in total. The Balaban J connectivity index is 2.03. The summed E-state index contributed by atoms with van der Waals surface area (Å²) in [6.45, 7) is 4.13. The normalized spacial score (nSPS) is 12.7. The van der Waals surface area contributed by atoms with E-state index in [9.17, 15) is 0 Å². The Hall–Kier alpha value is -1.00. The van der Waals surface area contributed by atoms with Gasteiger partial charge in [0.15, 0.2) is 0 Å². The Morgan fingerprint density at radius 2 is 2.13 bits per heavy atom. The Labute approximate surface area is 90.8 Å². The molecule has 0 aliphatic rings. The number of hydrogen-bond acceptors (Lipinski definition) is 4. The zero-order valence-electron chi connectivity index (χ0n) is 9.19. The first-order valence-corrected chi connectivity index (χ1v) is 5.38. The molecule has 1 heterocycles. The molecule has 0 aliphatic heterocycles. The summed E-state index contributed by atoms with van der Waals surface area (Å²) in [6, 6.07) is 0. The lowest BCUT2D eigenvalue weighted by Gasteiger charge is -2.07. The smallest absolute Gasteiger partial charge is 0.115 e. The molecule has 15 heavy (non-hydrogen) atoms. The van der Waals surface area contributed by atoms with E-state index in [1.165, 1.54) is 6.33 Å². The van der Waals surface area contributed by atoms with Gasteiger partial charge in [0.25, 0.3) is 0 Å². The number of rotatable bonds is 7. The average molecular weight is 209 g/mol. The van der Waals surface area contributed by atoms with E-state index < -0.39 is 0 Å². The van der Waals surface area contributed by atoms with Gasteiger partial charge >= 0.3 is 0 Å². The maximum Gasteiger partial charge on any atom is 0.115 e. The first-order chi connectivity index (χ1) is 7.33. The van der Waals surface area contributed by atoms with E-state index in [-0.39, 0.29) is 6.61 Å². The Morgan fingerprint density at radius 1 is 1.40 bits per heavy atom. The van der Waals surface area contributed by atoms with Gasteiger partial charge in [0.05, 0.1) is 0 Å². The summed E-state index contributed by atoms with van der Waals surface area (Å²) in [7, 11) is 0. The minimum absolute atomic E-state index is 0.284. The molecule has 1 aromatic heterocycles. The number of hydrogen-bond donors (Lipinski definition) is 2. The first kappa shape index (κ1) is 12.1. The van der Waals surface area contributed by atoms with Gasteiger partial charge < -0.3 is 10.4 Å². The van der Waals surface area contributed by atoms with Crippen molar-refractivity contribution >= 4 is 0 Å². The highest BCUT2D eigenvalue weighted by atomic mass is 16.3. The fourth-order valence-electron chi connectivity index (χ4n) is 1.32.